The lowest BCUT2D eigenvalue weighted by atomic mass is 10.2. The van der Waals surface area contributed by atoms with Crippen LogP contribution in [0.25, 0.3) is 0 Å². The van der Waals surface area contributed by atoms with E-state index in [1.165, 1.54) is 0 Å². The summed E-state index contributed by atoms with van der Waals surface area (Å²) in [7, 11) is 0. The van der Waals surface area contributed by atoms with E-state index < -0.39 is 0 Å². The van der Waals surface area contributed by atoms with Crippen LogP contribution >= 0.6 is 0 Å². The first-order valence-corrected chi connectivity index (χ1v) is 6.43. The predicted molar refractivity (Wildman–Crippen MR) is 69.6 cm³/mol. The molecule has 1 fully saturated rings. The number of nitrogen functional groups attached to an aromatic ring is 1. The van der Waals surface area contributed by atoms with Crippen LogP contribution in [0.5, 0.6) is 0 Å². The summed E-state index contributed by atoms with van der Waals surface area (Å²) < 4.78 is 7.05. The predicted octanol–water partition coefficient (Wildman–Crippen LogP) is -0.293. The molecule has 0 spiro atoms. The Bertz CT molecular complexity index is 460. The summed E-state index contributed by atoms with van der Waals surface area (Å²) in [6, 6.07) is -0.0542. The van der Waals surface area contributed by atoms with E-state index in [1.807, 2.05) is 13.8 Å². The Morgan fingerprint density at radius 1 is 1.68 bits per heavy atom. The monoisotopic (exact) mass is 268 g/mol. The Balaban J connectivity index is 2.19. The van der Waals surface area contributed by atoms with Crippen molar-refractivity contribution in [1.29, 1.82) is 0 Å². The van der Waals surface area contributed by atoms with Crippen LogP contribution in [0.2, 0.25) is 0 Å². The van der Waals surface area contributed by atoms with Crippen molar-refractivity contribution in [3.05, 3.63) is 11.9 Å². The molecule has 2 rings (SSSR count). The second-order valence-electron chi connectivity index (χ2n) is 4.73. The van der Waals surface area contributed by atoms with E-state index in [9.17, 15) is 4.79 Å². The van der Waals surface area contributed by atoms with Crippen LogP contribution in [0.3, 0.4) is 0 Å². The van der Waals surface area contributed by atoms with Gasteiger partial charge >= 0.3 is 0 Å². The molecule has 1 aliphatic rings. The molecule has 0 aliphatic carbocycles. The molecule has 7 heteroatoms. The van der Waals surface area contributed by atoms with E-state index in [0.717, 1.165) is 0 Å². The van der Waals surface area contributed by atoms with Crippen LogP contribution in [0, 0.1) is 0 Å². The minimum Gasteiger partial charge on any atom is -0.396 e. The summed E-state index contributed by atoms with van der Waals surface area (Å²) in [5.74, 6) is -0.209. The van der Waals surface area contributed by atoms with Crippen LogP contribution in [0.4, 0.5) is 5.69 Å². The first kappa shape index (κ1) is 13.8. The average molecular weight is 268 g/mol. The van der Waals surface area contributed by atoms with Crippen molar-refractivity contribution in [2.75, 3.05) is 25.5 Å². The second-order valence-corrected chi connectivity index (χ2v) is 4.73. The zero-order chi connectivity index (χ0) is 14.0. The van der Waals surface area contributed by atoms with Gasteiger partial charge in [-0.15, -0.1) is 0 Å². The first-order chi connectivity index (χ1) is 9.06. The maximum Gasteiger partial charge on any atom is 0.276 e. The van der Waals surface area contributed by atoms with E-state index in [-0.39, 0.29) is 30.4 Å². The lowest BCUT2D eigenvalue weighted by Gasteiger charge is -2.37. The van der Waals surface area contributed by atoms with Crippen LogP contribution in [-0.2, 0) is 11.3 Å². The third-order valence-electron chi connectivity index (χ3n) is 3.29. The van der Waals surface area contributed by atoms with Gasteiger partial charge in [-0.1, -0.05) is 0 Å². The summed E-state index contributed by atoms with van der Waals surface area (Å²) >= 11 is 0. The maximum atomic E-state index is 12.5. The molecule has 0 radical (unpaired) electrons. The molecule has 1 aromatic heterocycles. The Kier molecular flexibility index (Phi) is 4.06. The third-order valence-corrected chi connectivity index (χ3v) is 3.29. The highest BCUT2D eigenvalue weighted by atomic mass is 16.5. The van der Waals surface area contributed by atoms with E-state index in [4.69, 9.17) is 15.6 Å². The third kappa shape index (κ3) is 2.71. The highest BCUT2D eigenvalue weighted by Crippen LogP contribution is 2.18. The fraction of sp³-hybridized carbons (Fsp3) is 0.667. The van der Waals surface area contributed by atoms with Gasteiger partial charge < -0.3 is 20.5 Å². The van der Waals surface area contributed by atoms with Crippen molar-refractivity contribution in [1.82, 2.24) is 14.7 Å². The molecule has 2 unspecified atom stereocenters. The van der Waals surface area contributed by atoms with Gasteiger partial charge in [-0.05, 0) is 13.8 Å². The zero-order valence-corrected chi connectivity index (χ0v) is 11.2. The van der Waals surface area contributed by atoms with E-state index >= 15 is 0 Å². The second kappa shape index (κ2) is 5.58. The highest BCUT2D eigenvalue weighted by molar-refractivity contribution is 5.97. The molecule has 19 heavy (non-hydrogen) atoms. The van der Waals surface area contributed by atoms with Crippen molar-refractivity contribution >= 4 is 11.6 Å². The molecule has 2 atom stereocenters. The number of carbonyl (C=O) groups is 1. The summed E-state index contributed by atoms with van der Waals surface area (Å²) in [5.41, 5.74) is 6.48. The van der Waals surface area contributed by atoms with Gasteiger partial charge in [0, 0.05) is 19.3 Å². The van der Waals surface area contributed by atoms with Gasteiger partial charge in [0.2, 0.25) is 0 Å². The number of amides is 1. The van der Waals surface area contributed by atoms with Gasteiger partial charge in [-0.2, -0.15) is 5.10 Å². The number of nitrogens with zero attached hydrogens (tertiary/aromatic N) is 3. The fourth-order valence-electron chi connectivity index (χ4n) is 2.11. The average Bonchev–Trinajstić information content (AvgIpc) is 2.80. The van der Waals surface area contributed by atoms with Gasteiger partial charge in [-0.3, -0.25) is 9.48 Å². The Labute approximate surface area is 111 Å². The number of ether oxygens (including phenoxy) is 1. The maximum absolute atomic E-state index is 12.5. The summed E-state index contributed by atoms with van der Waals surface area (Å²) in [5, 5.41) is 13.3. The number of carbonyl (C=O) groups excluding carboxylic acids is 1. The number of aliphatic hydroxyl groups excluding tert-OH is 1. The van der Waals surface area contributed by atoms with Gasteiger partial charge in [-0.25, -0.2) is 0 Å². The number of nitrogens with two attached hydrogens (primary N) is 1. The summed E-state index contributed by atoms with van der Waals surface area (Å²) in [4.78, 5) is 14.1. The van der Waals surface area contributed by atoms with Crippen LogP contribution in [-0.4, -0.2) is 57.6 Å². The zero-order valence-electron chi connectivity index (χ0n) is 11.2. The lowest BCUT2D eigenvalue weighted by Crippen LogP contribution is -2.52. The minimum absolute atomic E-state index is 0.0542. The largest absolute Gasteiger partial charge is 0.396 e. The minimum atomic E-state index is -0.338. The molecule has 0 bridgehead atoms. The van der Waals surface area contributed by atoms with Crippen molar-refractivity contribution in [3.8, 4) is 0 Å². The SMILES string of the molecule is CCn1cc(N)c(C(=O)N2CC(CO)OCC2C)n1. The van der Waals surface area contributed by atoms with Gasteiger partial charge in [0.15, 0.2) is 5.69 Å². The fourth-order valence-corrected chi connectivity index (χ4v) is 2.11. The normalized spacial score (nSPS) is 23.6. The molecule has 0 aromatic carbocycles. The van der Waals surface area contributed by atoms with Gasteiger partial charge in [0.1, 0.15) is 0 Å². The molecule has 2 heterocycles. The molecule has 106 valence electrons. The number of aryl methyl sites for hydroxylation is 1. The van der Waals surface area contributed by atoms with E-state index in [1.54, 1.807) is 15.8 Å². The number of hydrogen-bond acceptors (Lipinski definition) is 5. The quantitative estimate of drug-likeness (QED) is 0.785. The molecule has 0 saturated carbocycles. The number of rotatable bonds is 3. The molecule has 7 nitrogen and oxygen atoms in total. The number of hydrogen-bond donors (Lipinski definition) is 2. The number of anilines is 1. The van der Waals surface area contributed by atoms with E-state index in [2.05, 4.69) is 5.10 Å². The highest BCUT2D eigenvalue weighted by Gasteiger charge is 2.32. The lowest BCUT2D eigenvalue weighted by molar-refractivity contribution is -0.0668. The molecule has 1 aliphatic heterocycles. The van der Waals surface area contributed by atoms with E-state index in [0.29, 0.717) is 25.4 Å². The first-order valence-electron chi connectivity index (χ1n) is 6.43. The topological polar surface area (TPSA) is 93.6 Å². The van der Waals surface area contributed by atoms with Crippen molar-refractivity contribution in [2.24, 2.45) is 0 Å². The molecule has 3 N–H and O–H groups in total. The van der Waals surface area contributed by atoms with Crippen molar-refractivity contribution in [2.45, 2.75) is 32.5 Å². The summed E-state index contributed by atoms with van der Waals surface area (Å²) in [6.07, 6.45) is 1.32. The molecular formula is C12H20N4O3. The van der Waals surface area contributed by atoms with Crippen molar-refractivity contribution in [3.63, 3.8) is 0 Å². The molecule has 1 aromatic rings. The number of morpholine rings is 1. The van der Waals surface area contributed by atoms with Gasteiger partial charge in [0.05, 0.1) is 31.0 Å². The van der Waals surface area contributed by atoms with Crippen molar-refractivity contribution < 1.29 is 14.6 Å². The number of aliphatic hydroxyl groups is 1. The van der Waals surface area contributed by atoms with Gasteiger partial charge in [0.25, 0.3) is 5.91 Å². The molecular weight excluding hydrogens is 248 g/mol. The van der Waals surface area contributed by atoms with Crippen LogP contribution in [0.15, 0.2) is 6.20 Å². The van der Waals surface area contributed by atoms with Crippen LogP contribution < -0.4 is 5.73 Å². The summed E-state index contributed by atoms with van der Waals surface area (Å²) in [6.45, 7) is 5.16. The number of aromatic nitrogens is 2. The molecule has 1 amide bonds. The molecule has 1 saturated heterocycles. The Morgan fingerprint density at radius 3 is 3.00 bits per heavy atom. The Hall–Kier alpha value is -1.60. The Morgan fingerprint density at radius 2 is 2.42 bits per heavy atom. The van der Waals surface area contributed by atoms with Crippen LogP contribution in [0.1, 0.15) is 24.3 Å². The standard InChI is InChI=1S/C12H20N4O3/c1-3-15-5-10(13)11(14-15)12(18)16-4-9(6-17)19-7-8(16)2/h5,8-9,17H,3-4,6-7,13H2,1-2H3. The smallest absolute Gasteiger partial charge is 0.276 e.